The zero-order valence-electron chi connectivity index (χ0n) is 13.8. The van der Waals surface area contributed by atoms with E-state index in [0.717, 1.165) is 11.3 Å². The van der Waals surface area contributed by atoms with Crippen LogP contribution in [0, 0.1) is 10.1 Å². The average molecular weight is 418 g/mol. The van der Waals surface area contributed by atoms with Crippen molar-refractivity contribution in [3.8, 4) is 0 Å². The van der Waals surface area contributed by atoms with Crippen LogP contribution in [-0.2, 0) is 10.0 Å². The lowest BCUT2D eigenvalue weighted by atomic mass is 10.2. The first-order valence-corrected chi connectivity index (χ1v) is 9.99. The van der Waals surface area contributed by atoms with Crippen molar-refractivity contribution in [1.82, 2.24) is 15.3 Å². The molecule has 13 heteroatoms. The summed E-state index contributed by atoms with van der Waals surface area (Å²) in [6, 6.07) is 8.73. The van der Waals surface area contributed by atoms with E-state index < -0.39 is 14.9 Å². The van der Waals surface area contributed by atoms with Gasteiger partial charge in [-0.3, -0.25) is 14.8 Å². The van der Waals surface area contributed by atoms with Crippen molar-refractivity contribution in [2.45, 2.75) is 4.90 Å². The molecule has 0 radical (unpaired) electrons. The molecule has 0 amide bonds. The first-order valence-electron chi connectivity index (χ1n) is 7.63. The van der Waals surface area contributed by atoms with E-state index in [1.165, 1.54) is 42.6 Å². The van der Waals surface area contributed by atoms with Gasteiger partial charge in [-0.25, -0.2) is 18.0 Å². The van der Waals surface area contributed by atoms with E-state index in [1.807, 2.05) is 0 Å². The Hall–Kier alpha value is -3.58. The third-order valence-electron chi connectivity index (χ3n) is 3.68. The van der Waals surface area contributed by atoms with Gasteiger partial charge in [0.1, 0.15) is 11.2 Å². The lowest BCUT2D eigenvalue weighted by molar-refractivity contribution is -0.382. The lowest BCUT2D eigenvalue weighted by Crippen LogP contribution is -2.12. The molecule has 28 heavy (non-hydrogen) atoms. The molecular formula is C15H10N6O5S2. The lowest BCUT2D eigenvalue weighted by Gasteiger charge is -2.09. The number of nitro benzene ring substituents is 1. The summed E-state index contributed by atoms with van der Waals surface area (Å²) in [6.07, 6.45) is 1.49. The third kappa shape index (κ3) is 3.35. The maximum atomic E-state index is 12.3. The van der Waals surface area contributed by atoms with Crippen LogP contribution in [0.2, 0.25) is 0 Å². The van der Waals surface area contributed by atoms with Crippen LogP contribution in [0.1, 0.15) is 0 Å². The second kappa shape index (κ2) is 6.86. The Kier molecular flexibility index (Phi) is 4.37. The van der Waals surface area contributed by atoms with Crippen LogP contribution in [0.5, 0.6) is 0 Å². The summed E-state index contributed by atoms with van der Waals surface area (Å²) < 4.78 is 31.6. The highest BCUT2D eigenvalue weighted by molar-refractivity contribution is 7.93. The second-order valence-electron chi connectivity index (χ2n) is 5.44. The fraction of sp³-hybridized carbons (Fsp3) is 0. The number of nitrogens with zero attached hydrogens (tertiary/aromatic N) is 4. The van der Waals surface area contributed by atoms with Crippen molar-refractivity contribution in [2.75, 3.05) is 10.0 Å². The van der Waals surface area contributed by atoms with Crippen LogP contribution >= 0.6 is 11.3 Å². The SMILES string of the molecule is O=[N+]([O-])c1c(Nc2ccc(S(=O)(=O)Nc3nccs3)cc2)ccc2nonc12. The monoisotopic (exact) mass is 418 g/mol. The van der Waals surface area contributed by atoms with E-state index in [-0.39, 0.29) is 32.4 Å². The maximum Gasteiger partial charge on any atom is 0.323 e. The van der Waals surface area contributed by atoms with Crippen LogP contribution in [0.4, 0.5) is 22.2 Å². The molecule has 0 atom stereocenters. The van der Waals surface area contributed by atoms with Crippen molar-refractivity contribution >= 4 is 54.6 Å². The number of sulfonamides is 1. The van der Waals surface area contributed by atoms with Gasteiger partial charge in [-0.15, -0.1) is 11.3 Å². The fourth-order valence-corrected chi connectivity index (χ4v) is 4.23. The fourth-order valence-electron chi connectivity index (χ4n) is 2.44. The van der Waals surface area contributed by atoms with Gasteiger partial charge in [0.05, 0.1) is 9.82 Å². The number of fused-ring (bicyclic) bond motifs is 1. The molecule has 142 valence electrons. The number of nitrogens with one attached hydrogen (secondary N) is 2. The van der Waals surface area contributed by atoms with Crippen LogP contribution < -0.4 is 10.0 Å². The summed E-state index contributed by atoms with van der Waals surface area (Å²) in [5.41, 5.74) is 0.603. The second-order valence-corrected chi connectivity index (χ2v) is 8.02. The number of anilines is 3. The molecule has 2 N–H and O–H groups in total. The molecule has 0 aliphatic carbocycles. The van der Waals surface area contributed by atoms with Gasteiger partial charge < -0.3 is 5.32 Å². The van der Waals surface area contributed by atoms with Crippen molar-refractivity contribution in [1.29, 1.82) is 0 Å². The minimum atomic E-state index is -3.78. The summed E-state index contributed by atoms with van der Waals surface area (Å²) in [6.45, 7) is 0. The molecule has 0 aliphatic rings. The molecule has 2 heterocycles. The molecule has 0 spiro atoms. The molecule has 0 saturated heterocycles. The Morgan fingerprint density at radius 1 is 1.11 bits per heavy atom. The van der Waals surface area contributed by atoms with Gasteiger partial charge in [-0.2, -0.15) is 0 Å². The highest BCUT2D eigenvalue weighted by Crippen LogP contribution is 2.33. The minimum absolute atomic E-state index is 0.0156. The molecule has 0 fully saturated rings. The maximum absolute atomic E-state index is 12.3. The summed E-state index contributed by atoms with van der Waals surface area (Å²) >= 11 is 1.16. The molecule has 4 aromatic rings. The Bertz CT molecular complexity index is 1250. The zero-order valence-corrected chi connectivity index (χ0v) is 15.4. The number of hydrogen-bond donors (Lipinski definition) is 2. The Morgan fingerprint density at radius 2 is 1.89 bits per heavy atom. The van der Waals surface area contributed by atoms with Crippen molar-refractivity contribution in [2.24, 2.45) is 0 Å². The van der Waals surface area contributed by atoms with Crippen LogP contribution in [-0.4, -0.2) is 28.6 Å². The van der Waals surface area contributed by atoms with Gasteiger partial charge in [-0.05, 0) is 46.7 Å². The number of rotatable bonds is 6. The molecule has 0 unspecified atom stereocenters. The number of thiazole rings is 1. The number of aromatic nitrogens is 3. The summed E-state index contributed by atoms with van der Waals surface area (Å²) in [5.74, 6) is 0. The number of hydrogen-bond acceptors (Lipinski definition) is 10. The van der Waals surface area contributed by atoms with Crippen LogP contribution in [0.15, 0.2) is 57.5 Å². The normalized spacial score (nSPS) is 11.4. The molecule has 11 nitrogen and oxygen atoms in total. The highest BCUT2D eigenvalue weighted by Gasteiger charge is 2.23. The van der Waals surface area contributed by atoms with E-state index in [4.69, 9.17) is 0 Å². The minimum Gasteiger partial charge on any atom is -0.350 e. The van der Waals surface area contributed by atoms with E-state index in [2.05, 4.69) is 30.0 Å². The van der Waals surface area contributed by atoms with Gasteiger partial charge in [0.2, 0.25) is 5.52 Å². The predicted molar refractivity (Wildman–Crippen MR) is 101 cm³/mol. The summed E-state index contributed by atoms with van der Waals surface area (Å²) in [7, 11) is -3.78. The topological polar surface area (TPSA) is 153 Å². The average Bonchev–Trinajstić information content (AvgIpc) is 3.33. The quantitative estimate of drug-likeness (QED) is 0.355. The van der Waals surface area contributed by atoms with E-state index >= 15 is 0 Å². The first kappa shape index (κ1) is 17.8. The van der Waals surface area contributed by atoms with Crippen molar-refractivity contribution in [3.63, 3.8) is 0 Å². The summed E-state index contributed by atoms with van der Waals surface area (Å²) in [4.78, 5) is 14.7. The molecule has 2 aromatic heterocycles. The molecule has 2 aromatic carbocycles. The smallest absolute Gasteiger partial charge is 0.323 e. The van der Waals surface area contributed by atoms with Gasteiger partial charge in [0.15, 0.2) is 5.13 Å². The van der Waals surface area contributed by atoms with Crippen LogP contribution in [0.3, 0.4) is 0 Å². The van der Waals surface area contributed by atoms with E-state index in [0.29, 0.717) is 5.69 Å². The molecule has 4 rings (SSSR count). The van der Waals surface area contributed by atoms with Crippen LogP contribution in [0.25, 0.3) is 11.0 Å². The first-order chi connectivity index (χ1) is 13.4. The van der Waals surface area contributed by atoms with E-state index in [9.17, 15) is 18.5 Å². The predicted octanol–water partition coefficient (Wildman–Crippen LogP) is 3.13. The van der Waals surface area contributed by atoms with Gasteiger partial charge in [0, 0.05) is 17.3 Å². The molecular weight excluding hydrogens is 408 g/mol. The van der Waals surface area contributed by atoms with E-state index in [1.54, 1.807) is 5.38 Å². The largest absolute Gasteiger partial charge is 0.350 e. The van der Waals surface area contributed by atoms with Crippen molar-refractivity contribution in [3.05, 3.63) is 58.1 Å². The Morgan fingerprint density at radius 3 is 2.57 bits per heavy atom. The molecule has 0 saturated carbocycles. The Balaban J connectivity index is 1.61. The zero-order chi connectivity index (χ0) is 19.7. The molecule has 0 aliphatic heterocycles. The third-order valence-corrected chi connectivity index (χ3v) is 5.85. The Labute approximate surface area is 161 Å². The van der Waals surface area contributed by atoms with Gasteiger partial charge >= 0.3 is 5.69 Å². The molecule has 0 bridgehead atoms. The standard InChI is InChI=1S/C15H10N6O5S2/c22-21(23)14-12(6-5-11-13(14)19-26-18-11)17-9-1-3-10(4-2-9)28(24,25)20-15-16-7-8-27-15/h1-8,17H,(H,16,20). The number of benzene rings is 2. The number of nitro groups is 1. The highest BCUT2D eigenvalue weighted by atomic mass is 32.2. The summed E-state index contributed by atoms with van der Waals surface area (Å²) in [5, 5.41) is 23.4. The van der Waals surface area contributed by atoms with Crippen molar-refractivity contribution < 1.29 is 18.0 Å². The van der Waals surface area contributed by atoms with Gasteiger partial charge in [-0.1, -0.05) is 0 Å². The van der Waals surface area contributed by atoms with Gasteiger partial charge in [0.25, 0.3) is 10.0 Å².